The van der Waals surface area contributed by atoms with Gasteiger partial charge in [-0.05, 0) is 63.9 Å². The lowest BCUT2D eigenvalue weighted by Gasteiger charge is -2.25. The molecule has 0 bridgehead atoms. The fourth-order valence-electron chi connectivity index (χ4n) is 2.57. The van der Waals surface area contributed by atoms with E-state index in [0.717, 1.165) is 41.9 Å². The summed E-state index contributed by atoms with van der Waals surface area (Å²) in [6, 6.07) is 4.13. The molecule has 3 heterocycles. The molecular weight excluding hydrogens is 298 g/mol. The molecule has 1 aliphatic rings. The molecule has 1 N–H and O–H groups in total. The number of quaternary nitrogens is 1. The van der Waals surface area contributed by atoms with Crippen LogP contribution in [-0.2, 0) is 4.79 Å². The molecule has 1 unspecified atom stereocenters. The van der Waals surface area contributed by atoms with Crippen LogP contribution in [0.1, 0.15) is 18.1 Å². The molecule has 108 valence electrons. The lowest BCUT2D eigenvalue weighted by Crippen LogP contribution is -3.13. The van der Waals surface area contributed by atoms with Crippen molar-refractivity contribution in [3.8, 4) is 0 Å². The number of ketones is 1. The van der Waals surface area contributed by atoms with Gasteiger partial charge in [-0.1, -0.05) is 0 Å². The van der Waals surface area contributed by atoms with E-state index in [-0.39, 0.29) is 5.78 Å². The third-order valence-corrected chi connectivity index (χ3v) is 5.14. The molecule has 0 aliphatic carbocycles. The Hall–Kier alpha value is -1.49. The Morgan fingerprint density at radius 3 is 1.95 bits per heavy atom. The second-order valence-corrected chi connectivity index (χ2v) is 6.80. The number of carbonyl (C=O) groups excluding carboxylic acids is 1. The van der Waals surface area contributed by atoms with Crippen molar-refractivity contribution in [3.05, 3.63) is 55.9 Å². The Morgan fingerprint density at radius 2 is 1.57 bits per heavy atom. The Balaban J connectivity index is 1.93. The van der Waals surface area contributed by atoms with Gasteiger partial charge in [-0.2, -0.15) is 22.7 Å². The summed E-state index contributed by atoms with van der Waals surface area (Å²) in [5.74, 6) is 0.213. The predicted molar refractivity (Wildman–Crippen MR) is 90.8 cm³/mol. The van der Waals surface area contributed by atoms with E-state index in [4.69, 9.17) is 0 Å². The average molecular weight is 316 g/mol. The Morgan fingerprint density at radius 1 is 1.05 bits per heavy atom. The third kappa shape index (κ3) is 3.40. The molecule has 1 aliphatic heterocycles. The molecule has 2 aromatic heterocycles. The van der Waals surface area contributed by atoms with Crippen molar-refractivity contribution in [1.82, 2.24) is 0 Å². The van der Waals surface area contributed by atoms with Crippen LogP contribution in [0, 0.1) is 0 Å². The van der Waals surface area contributed by atoms with Gasteiger partial charge < -0.3 is 4.90 Å². The number of hydrogen-bond donors (Lipinski definition) is 1. The summed E-state index contributed by atoms with van der Waals surface area (Å²) in [6.07, 6.45) is 4.10. The maximum Gasteiger partial charge on any atom is 0.196 e. The standard InChI is InChI=1S/C17H17NOS2/c1-2-18-9-15(7-13-3-5-20-11-13)17(19)16(10-18)8-14-4-6-21-12-14/h3-8,11-12H,2,9-10H2,1H3/p+1/b15-7-,16-8+. The number of likely N-dealkylation sites (tertiary alicyclic amines) is 1. The zero-order valence-electron chi connectivity index (χ0n) is 12.0. The first-order valence-corrected chi connectivity index (χ1v) is 8.98. The first-order chi connectivity index (χ1) is 10.3. The van der Waals surface area contributed by atoms with Crippen molar-refractivity contribution >= 4 is 40.6 Å². The van der Waals surface area contributed by atoms with Gasteiger partial charge in [0.25, 0.3) is 0 Å². The number of rotatable bonds is 3. The van der Waals surface area contributed by atoms with Crippen LogP contribution in [0.5, 0.6) is 0 Å². The van der Waals surface area contributed by atoms with Gasteiger partial charge in [0.2, 0.25) is 0 Å². The molecule has 0 aromatic carbocycles. The van der Waals surface area contributed by atoms with Crippen molar-refractivity contribution in [3.63, 3.8) is 0 Å². The molecule has 1 fully saturated rings. The van der Waals surface area contributed by atoms with Gasteiger partial charge in [0.05, 0.1) is 17.7 Å². The van der Waals surface area contributed by atoms with Crippen LogP contribution in [0.15, 0.2) is 44.8 Å². The maximum absolute atomic E-state index is 12.7. The van der Waals surface area contributed by atoms with E-state index in [2.05, 4.69) is 42.0 Å². The van der Waals surface area contributed by atoms with Crippen LogP contribution in [-0.4, -0.2) is 25.4 Å². The fourth-order valence-corrected chi connectivity index (χ4v) is 3.80. The number of carbonyl (C=O) groups is 1. The second kappa shape index (κ2) is 6.52. The van der Waals surface area contributed by atoms with Crippen LogP contribution >= 0.6 is 22.7 Å². The molecule has 0 amide bonds. The van der Waals surface area contributed by atoms with E-state index in [1.165, 1.54) is 4.90 Å². The van der Waals surface area contributed by atoms with Crippen LogP contribution in [0.4, 0.5) is 0 Å². The van der Waals surface area contributed by atoms with Crippen LogP contribution in [0.25, 0.3) is 12.2 Å². The predicted octanol–water partition coefficient (Wildman–Crippen LogP) is 2.76. The molecular formula is C17H18NOS2+. The van der Waals surface area contributed by atoms with Crippen molar-refractivity contribution in [1.29, 1.82) is 0 Å². The van der Waals surface area contributed by atoms with E-state index in [1.54, 1.807) is 22.7 Å². The number of thiophene rings is 2. The maximum atomic E-state index is 12.7. The summed E-state index contributed by atoms with van der Waals surface area (Å²) >= 11 is 3.33. The zero-order chi connectivity index (χ0) is 14.7. The van der Waals surface area contributed by atoms with E-state index < -0.39 is 0 Å². The summed E-state index contributed by atoms with van der Waals surface area (Å²) < 4.78 is 0. The highest BCUT2D eigenvalue weighted by molar-refractivity contribution is 7.08. The molecule has 4 heteroatoms. The minimum absolute atomic E-state index is 0.213. The highest BCUT2D eigenvalue weighted by Crippen LogP contribution is 2.18. The van der Waals surface area contributed by atoms with E-state index >= 15 is 0 Å². The number of Topliss-reactive ketones (excluding diaryl/α,β-unsaturated/α-hetero) is 1. The Kier molecular flexibility index (Phi) is 4.48. The highest BCUT2D eigenvalue weighted by atomic mass is 32.1. The third-order valence-electron chi connectivity index (χ3n) is 3.73. The minimum Gasteiger partial charge on any atom is -0.327 e. The minimum atomic E-state index is 0.213. The van der Waals surface area contributed by atoms with Crippen molar-refractivity contribution in [2.45, 2.75) is 6.92 Å². The van der Waals surface area contributed by atoms with Crippen molar-refractivity contribution < 1.29 is 9.69 Å². The first kappa shape index (κ1) is 14.4. The molecule has 1 atom stereocenters. The van der Waals surface area contributed by atoms with Crippen molar-refractivity contribution in [2.24, 2.45) is 0 Å². The SMILES string of the molecule is CC[NH+]1C/C(=C/c2ccsc2)C(=O)/C(=C/c2ccsc2)C1. The fraction of sp³-hybridized carbons (Fsp3) is 0.235. The first-order valence-electron chi connectivity index (χ1n) is 7.10. The largest absolute Gasteiger partial charge is 0.327 e. The molecule has 1 saturated heterocycles. The summed E-state index contributed by atoms with van der Waals surface area (Å²) in [7, 11) is 0. The monoisotopic (exact) mass is 316 g/mol. The van der Waals surface area contributed by atoms with Crippen molar-refractivity contribution in [2.75, 3.05) is 19.6 Å². The molecule has 21 heavy (non-hydrogen) atoms. The topological polar surface area (TPSA) is 21.5 Å². The molecule has 0 spiro atoms. The number of piperidine rings is 1. The van der Waals surface area contributed by atoms with Gasteiger partial charge in [-0.15, -0.1) is 0 Å². The van der Waals surface area contributed by atoms with Gasteiger partial charge in [0, 0.05) is 0 Å². The van der Waals surface area contributed by atoms with Crippen LogP contribution in [0.2, 0.25) is 0 Å². The summed E-state index contributed by atoms with van der Waals surface area (Å²) in [6.45, 7) is 4.86. The number of nitrogens with one attached hydrogen (secondary N) is 1. The quantitative estimate of drug-likeness (QED) is 0.864. The van der Waals surface area contributed by atoms with Gasteiger partial charge in [-0.25, -0.2) is 0 Å². The summed E-state index contributed by atoms with van der Waals surface area (Å²) in [5.41, 5.74) is 4.13. The second-order valence-electron chi connectivity index (χ2n) is 5.24. The van der Waals surface area contributed by atoms with E-state index in [1.807, 2.05) is 10.8 Å². The highest BCUT2D eigenvalue weighted by Gasteiger charge is 2.28. The normalized spacial score (nSPS) is 23.1. The lowest BCUT2D eigenvalue weighted by molar-refractivity contribution is -0.889. The number of hydrogen-bond acceptors (Lipinski definition) is 3. The zero-order valence-corrected chi connectivity index (χ0v) is 13.6. The number of likely N-dealkylation sites (N-methyl/N-ethyl adjacent to an activating group) is 1. The summed E-state index contributed by atoms with van der Waals surface area (Å²) in [5, 5.41) is 8.27. The smallest absolute Gasteiger partial charge is 0.196 e. The Bertz CT molecular complexity index is 609. The van der Waals surface area contributed by atoms with E-state index in [9.17, 15) is 4.79 Å². The van der Waals surface area contributed by atoms with Gasteiger partial charge in [0.1, 0.15) is 13.1 Å². The van der Waals surface area contributed by atoms with Gasteiger partial charge in [0.15, 0.2) is 5.78 Å². The molecule has 0 saturated carbocycles. The van der Waals surface area contributed by atoms with Crippen LogP contribution in [0.3, 0.4) is 0 Å². The molecule has 3 rings (SSSR count). The van der Waals surface area contributed by atoms with Gasteiger partial charge >= 0.3 is 0 Å². The lowest BCUT2D eigenvalue weighted by atomic mass is 9.95. The van der Waals surface area contributed by atoms with Gasteiger partial charge in [-0.3, -0.25) is 4.79 Å². The van der Waals surface area contributed by atoms with Crippen LogP contribution < -0.4 is 4.90 Å². The Labute approximate surface area is 133 Å². The van der Waals surface area contributed by atoms with E-state index in [0.29, 0.717) is 0 Å². The summed E-state index contributed by atoms with van der Waals surface area (Å²) in [4.78, 5) is 14.1. The molecule has 0 radical (unpaired) electrons. The average Bonchev–Trinajstić information content (AvgIpc) is 3.16. The molecule has 2 nitrogen and oxygen atoms in total. The molecule has 2 aromatic rings.